The number of aryl methyl sites for hydroxylation is 2. The van der Waals surface area contributed by atoms with E-state index in [0.717, 1.165) is 27.5 Å². The number of rotatable bonds is 2. The van der Waals surface area contributed by atoms with Crippen molar-refractivity contribution in [3.63, 3.8) is 0 Å². The largest absolute Gasteiger partial charge is 0.314 e. The monoisotopic (exact) mass is 291 g/mol. The van der Waals surface area contributed by atoms with Crippen LogP contribution in [-0.2, 0) is 0 Å². The van der Waals surface area contributed by atoms with E-state index in [-0.39, 0.29) is 0 Å². The molecule has 4 heteroatoms. The van der Waals surface area contributed by atoms with E-state index in [4.69, 9.17) is 0 Å². The molecule has 3 nitrogen and oxygen atoms in total. The molecular weight excluding hydrogens is 278 g/mol. The van der Waals surface area contributed by atoms with Crippen LogP contribution in [0.2, 0.25) is 0 Å². The molecule has 2 aromatic rings. The van der Waals surface area contributed by atoms with Crippen molar-refractivity contribution in [3.05, 3.63) is 46.2 Å². The third-order valence-corrected chi connectivity index (χ3v) is 3.01. The molecule has 2 rings (SSSR count). The lowest BCUT2D eigenvalue weighted by Gasteiger charge is -2.17. The van der Waals surface area contributed by atoms with Crippen molar-refractivity contribution in [3.8, 4) is 0 Å². The Morgan fingerprint density at radius 2 is 1.53 bits per heavy atom. The lowest BCUT2D eigenvalue weighted by Crippen LogP contribution is -2.14. The van der Waals surface area contributed by atoms with Gasteiger partial charge in [0, 0.05) is 28.6 Å². The first-order valence-electron chi connectivity index (χ1n) is 5.38. The summed E-state index contributed by atoms with van der Waals surface area (Å²) in [7, 11) is 1.97. The summed E-state index contributed by atoms with van der Waals surface area (Å²) in [6.45, 7) is 3.96. The van der Waals surface area contributed by atoms with Crippen LogP contribution in [0.3, 0.4) is 0 Å². The molecule has 1 heterocycles. The van der Waals surface area contributed by atoms with Gasteiger partial charge in [0.2, 0.25) is 5.95 Å². The van der Waals surface area contributed by atoms with Crippen molar-refractivity contribution in [2.24, 2.45) is 0 Å². The average Bonchev–Trinajstić information content (AvgIpc) is 2.28. The van der Waals surface area contributed by atoms with E-state index in [2.05, 4.69) is 25.9 Å². The number of aromatic nitrogens is 2. The smallest absolute Gasteiger partial charge is 0.230 e. The zero-order chi connectivity index (χ0) is 12.4. The summed E-state index contributed by atoms with van der Waals surface area (Å²) in [5.41, 5.74) is 3.03. The lowest BCUT2D eigenvalue weighted by atomic mass is 10.3. The molecule has 0 aliphatic heterocycles. The zero-order valence-corrected chi connectivity index (χ0v) is 11.7. The standard InChI is InChI=1S/C13H14BrN3/c1-9-8-10(2)16-13(15-9)17(3)12-6-4-11(14)5-7-12/h4-8H,1-3H3. The van der Waals surface area contributed by atoms with Gasteiger partial charge < -0.3 is 4.90 Å². The summed E-state index contributed by atoms with van der Waals surface area (Å²) in [5, 5.41) is 0. The minimum Gasteiger partial charge on any atom is -0.314 e. The molecule has 0 amide bonds. The minimum absolute atomic E-state index is 0.727. The van der Waals surface area contributed by atoms with Gasteiger partial charge in [-0.1, -0.05) is 15.9 Å². The normalized spacial score (nSPS) is 10.4. The lowest BCUT2D eigenvalue weighted by molar-refractivity contribution is 0.986. The fourth-order valence-corrected chi connectivity index (χ4v) is 1.90. The molecule has 0 saturated carbocycles. The van der Waals surface area contributed by atoms with E-state index in [9.17, 15) is 0 Å². The van der Waals surface area contributed by atoms with Crippen LogP contribution >= 0.6 is 15.9 Å². The molecule has 0 aliphatic carbocycles. The second-order valence-electron chi connectivity index (χ2n) is 3.99. The molecule has 0 aliphatic rings. The van der Waals surface area contributed by atoms with Crippen LogP contribution in [-0.4, -0.2) is 17.0 Å². The third-order valence-electron chi connectivity index (χ3n) is 2.48. The Balaban J connectivity index is 2.36. The Labute approximate surface area is 110 Å². The van der Waals surface area contributed by atoms with E-state index < -0.39 is 0 Å². The molecule has 1 aromatic carbocycles. The molecule has 0 spiro atoms. The summed E-state index contributed by atoms with van der Waals surface area (Å²) < 4.78 is 1.07. The van der Waals surface area contributed by atoms with Crippen molar-refractivity contribution in [1.29, 1.82) is 0 Å². The van der Waals surface area contributed by atoms with E-state index in [1.165, 1.54) is 0 Å². The summed E-state index contributed by atoms with van der Waals surface area (Å²) in [5.74, 6) is 0.727. The van der Waals surface area contributed by atoms with Gasteiger partial charge in [0.1, 0.15) is 0 Å². The van der Waals surface area contributed by atoms with E-state index in [1.807, 2.05) is 56.1 Å². The molecule has 0 unspecified atom stereocenters. The highest BCUT2D eigenvalue weighted by molar-refractivity contribution is 9.10. The Bertz CT molecular complexity index is 502. The summed E-state index contributed by atoms with van der Waals surface area (Å²) in [6, 6.07) is 10.1. The first-order chi connectivity index (χ1) is 8.06. The number of halogens is 1. The van der Waals surface area contributed by atoms with Gasteiger partial charge in [0.25, 0.3) is 0 Å². The Kier molecular flexibility index (Phi) is 3.43. The number of nitrogens with zero attached hydrogens (tertiary/aromatic N) is 3. The van der Waals surface area contributed by atoms with Gasteiger partial charge in [0.15, 0.2) is 0 Å². The summed E-state index contributed by atoms with van der Waals surface area (Å²) >= 11 is 3.42. The molecule has 0 saturated heterocycles. The van der Waals surface area contributed by atoms with Crippen LogP contribution < -0.4 is 4.90 Å². The molecule has 0 bridgehead atoms. The van der Waals surface area contributed by atoms with Gasteiger partial charge in [-0.15, -0.1) is 0 Å². The van der Waals surface area contributed by atoms with Crippen LogP contribution in [0.25, 0.3) is 0 Å². The van der Waals surface area contributed by atoms with Gasteiger partial charge in [-0.05, 0) is 44.2 Å². The SMILES string of the molecule is Cc1cc(C)nc(N(C)c2ccc(Br)cc2)n1. The molecule has 0 N–H and O–H groups in total. The Hall–Kier alpha value is -1.42. The third kappa shape index (κ3) is 2.82. The second-order valence-corrected chi connectivity index (χ2v) is 4.90. The Morgan fingerprint density at radius 1 is 1.00 bits per heavy atom. The molecule has 17 heavy (non-hydrogen) atoms. The highest BCUT2D eigenvalue weighted by atomic mass is 79.9. The van der Waals surface area contributed by atoms with Crippen molar-refractivity contribution in [2.45, 2.75) is 13.8 Å². The van der Waals surface area contributed by atoms with E-state index in [0.29, 0.717) is 0 Å². The average molecular weight is 292 g/mol. The van der Waals surface area contributed by atoms with Crippen LogP contribution in [0.5, 0.6) is 0 Å². The van der Waals surface area contributed by atoms with Gasteiger partial charge >= 0.3 is 0 Å². The maximum Gasteiger partial charge on any atom is 0.230 e. The second kappa shape index (κ2) is 4.84. The van der Waals surface area contributed by atoms with Crippen molar-refractivity contribution >= 4 is 27.6 Å². The predicted octanol–water partition coefficient (Wildman–Crippen LogP) is 3.62. The van der Waals surface area contributed by atoms with Crippen molar-refractivity contribution in [1.82, 2.24) is 9.97 Å². The van der Waals surface area contributed by atoms with E-state index >= 15 is 0 Å². The summed E-state index contributed by atoms with van der Waals surface area (Å²) in [6.07, 6.45) is 0. The summed E-state index contributed by atoms with van der Waals surface area (Å²) in [4.78, 5) is 10.9. The van der Waals surface area contributed by atoms with Crippen LogP contribution in [0.1, 0.15) is 11.4 Å². The molecule has 0 fully saturated rings. The van der Waals surface area contributed by atoms with Gasteiger partial charge in [-0.3, -0.25) is 0 Å². The van der Waals surface area contributed by atoms with Gasteiger partial charge in [0.05, 0.1) is 0 Å². The first kappa shape index (κ1) is 12.0. The van der Waals surface area contributed by atoms with Crippen molar-refractivity contribution in [2.75, 3.05) is 11.9 Å². The zero-order valence-electron chi connectivity index (χ0n) is 10.1. The molecule has 0 atom stereocenters. The van der Waals surface area contributed by atoms with Crippen LogP contribution in [0.4, 0.5) is 11.6 Å². The van der Waals surface area contributed by atoms with E-state index in [1.54, 1.807) is 0 Å². The number of benzene rings is 1. The van der Waals surface area contributed by atoms with Crippen LogP contribution in [0, 0.1) is 13.8 Å². The molecule has 0 radical (unpaired) electrons. The number of anilines is 2. The minimum atomic E-state index is 0.727. The Morgan fingerprint density at radius 3 is 2.06 bits per heavy atom. The fourth-order valence-electron chi connectivity index (χ4n) is 1.64. The molecule has 1 aromatic heterocycles. The fraction of sp³-hybridized carbons (Fsp3) is 0.231. The van der Waals surface area contributed by atoms with Gasteiger partial charge in [-0.2, -0.15) is 0 Å². The quantitative estimate of drug-likeness (QED) is 0.846. The number of hydrogen-bond acceptors (Lipinski definition) is 3. The topological polar surface area (TPSA) is 29.0 Å². The first-order valence-corrected chi connectivity index (χ1v) is 6.17. The van der Waals surface area contributed by atoms with Gasteiger partial charge in [-0.25, -0.2) is 9.97 Å². The number of hydrogen-bond donors (Lipinski definition) is 0. The maximum absolute atomic E-state index is 4.44. The maximum atomic E-state index is 4.44. The van der Waals surface area contributed by atoms with Crippen molar-refractivity contribution < 1.29 is 0 Å². The highest BCUT2D eigenvalue weighted by Gasteiger charge is 2.07. The molecular formula is C13H14BrN3. The van der Waals surface area contributed by atoms with Crippen LogP contribution in [0.15, 0.2) is 34.8 Å². The highest BCUT2D eigenvalue weighted by Crippen LogP contribution is 2.22. The predicted molar refractivity (Wildman–Crippen MR) is 73.7 cm³/mol. The molecule has 88 valence electrons.